The van der Waals surface area contributed by atoms with Gasteiger partial charge in [0.05, 0.1) is 0 Å². The maximum absolute atomic E-state index is 9.63. The number of aromatic nitrogens is 1. The van der Waals surface area contributed by atoms with E-state index in [2.05, 4.69) is 54.9 Å². The second kappa shape index (κ2) is 5.69. The van der Waals surface area contributed by atoms with Crippen molar-refractivity contribution in [2.45, 2.75) is 26.6 Å². The zero-order chi connectivity index (χ0) is 16.6. The van der Waals surface area contributed by atoms with Crippen molar-refractivity contribution in [1.82, 2.24) is 4.57 Å². The molecule has 0 atom stereocenters. The number of hydrogen-bond donors (Lipinski definition) is 2. The van der Waals surface area contributed by atoms with Gasteiger partial charge in [-0.05, 0) is 44.5 Å². The lowest BCUT2D eigenvalue weighted by Crippen LogP contribution is -2.19. The standard InChI is InChI=1S/C20H21NO2/c1-14-4-6-16(7-5-14)17-12-15(2)21(13-17)19-10-8-18(9-11-19)20(3,22)23/h4-13,22-23H,1-3H3. The van der Waals surface area contributed by atoms with Crippen LogP contribution in [0.3, 0.4) is 0 Å². The quantitative estimate of drug-likeness (QED) is 0.720. The highest BCUT2D eigenvalue weighted by Crippen LogP contribution is 2.26. The van der Waals surface area contributed by atoms with Crippen LogP contribution in [-0.2, 0) is 5.79 Å². The van der Waals surface area contributed by atoms with Gasteiger partial charge in [-0.25, -0.2) is 0 Å². The Balaban J connectivity index is 1.96. The smallest absolute Gasteiger partial charge is 0.186 e. The molecule has 2 aromatic carbocycles. The van der Waals surface area contributed by atoms with Crippen LogP contribution >= 0.6 is 0 Å². The van der Waals surface area contributed by atoms with Crippen LogP contribution in [-0.4, -0.2) is 14.8 Å². The van der Waals surface area contributed by atoms with E-state index >= 15 is 0 Å². The van der Waals surface area contributed by atoms with Gasteiger partial charge in [0.25, 0.3) is 0 Å². The van der Waals surface area contributed by atoms with Crippen LogP contribution in [0.4, 0.5) is 0 Å². The van der Waals surface area contributed by atoms with Gasteiger partial charge in [-0.1, -0.05) is 42.0 Å². The summed E-state index contributed by atoms with van der Waals surface area (Å²) in [6.45, 7) is 5.50. The summed E-state index contributed by atoms with van der Waals surface area (Å²) in [4.78, 5) is 0. The molecule has 1 aromatic heterocycles. The maximum atomic E-state index is 9.63. The van der Waals surface area contributed by atoms with Crippen LogP contribution < -0.4 is 0 Å². The zero-order valence-corrected chi connectivity index (χ0v) is 13.6. The van der Waals surface area contributed by atoms with Crippen molar-refractivity contribution in [1.29, 1.82) is 0 Å². The molecule has 3 nitrogen and oxygen atoms in total. The number of aryl methyl sites for hydroxylation is 2. The molecular weight excluding hydrogens is 286 g/mol. The van der Waals surface area contributed by atoms with E-state index in [4.69, 9.17) is 0 Å². The van der Waals surface area contributed by atoms with Crippen LogP contribution in [0.25, 0.3) is 16.8 Å². The summed E-state index contributed by atoms with van der Waals surface area (Å²) in [5, 5.41) is 19.3. The van der Waals surface area contributed by atoms with E-state index in [0.717, 1.165) is 11.4 Å². The van der Waals surface area contributed by atoms with Gasteiger partial charge in [-0.3, -0.25) is 0 Å². The van der Waals surface area contributed by atoms with Gasteiger partial charge >= 0.3 is 0 Å². The van der Waals surface area contributed by atoms with E-state index in [0.29, 0.717) is 5.56 Å². The van der Waals surface area contributed by atoms with Crippen LogP contribution in [0.2, 0.25) is 0 Å². The number of benzene rings is 2. The molecule has 1 heterocycles. The van der Waals surface area contributed by atoms with Crippen molar-refractivity contribution in [2.24, 2.45) is 0 Å². The van der Waals surface area contributed by atoms with Gasteiger partial charge in [0.15, 0.2) is 5.79 Å². The zero-order valence-electron chi connectivity index (χ0n) is 13.6. The normalized spacial score (nSPS) is 11.7. The monoisotopic (exact) mass is 307 g/mol. The molecule has 0 radical (unpaired) electrons. The van der Waals surface area contributed by atoms with Gasteiger partial charge < -0.3 is 14.8 Å². The fourth-order valence-electron chi connectivity index (χ4n) is 2.69. The molecule has 0 spiro atoms. The lowest BCUT2D eigenvalue weighted by atomic mass is 10.1. The van der Waals surface area contributed by atoms with Crippen molar-refractivity contribution < 1.29 is 10.2 Å². The molecule has 3 heteroatoms. The topological polar surface area (TPSA) is 45.4 Å². The van der Waals surface area contributed by atoms with Gasteiger partial charge in [0.1, 0.15) is 0 Å². The van der Waals surface area contributed by atoms with E-state index in [1.165, 1.54) is 23.6 Å². The highest BCUT2D eigenvalue weighted by molar-refractivity contribution is 5.65. The third-order valence-electron chi connectivity index (χ3n) is 4.09. The lowest BCUT2D eigenvalue weighted by molar-refractivity contribution is -0.152. The predicted octanol–water partition coefficient (Wildman–Crippen LogP) is 3.92. The first-order valence-corrected chi connectivity index (χ1v) is 7.66. The van der Waals surface area contributed by atoms with Crippen molar-refractivity contribution in [3.05, 3.63) is 77.6 Å². The van der Waals surface area contributed by atoms with Gasteiger partial charge in [-0.15, -0.1) is 0 Å². The third kappa shape index (κ3) is 3.21. The molecule has 3 aromatic rings. The largest absolute Gasteiger partial charge is 0.362 e. The first kappa shape index (κ1) is 15.5. The average molecular weight is 307 g/mol. The molecule has 0 aliphatic rings. The molecule has 0 saturated heterocycles. The maximum Gasteiger partial charge on any atom is 0.186 e. The van der Waals surface area contributed by atoms with Crippen molar-refractivity contribution in [2.75, 3.05) is 0 Å². The minimum Gasteiger partial charge on any atom is -0.362 e. The Kier molecular flexibility index (Phi) is 3.84. The summed E-state index contributed by atoms with van der Waals surface area (Å²) in [6.07, 6.45) is 2.10. The summed E-state index contributed by atoms with van der Waals surface area (Å²) < 4.78 is 2.10. The van der Waals surface area contributed by atoms with Gasteiger partial charge in [0.2, 0.25) is 0 Å². The molecule has 118 valence electrons. The minimum absolute atomic E-state index is 0.477. The van der Waals surface area contributed by atoms with Crippen LogP contribution in [0.5, 0.6) is 0 Å². The van der Waals surface area contributed by atoms with Crippen molar-refractivity contribution in [3.63, 3.8) is 0 Å². The van der Waals surface area contributed by atoms with Gasteiger partial charge in [-0.2, -0.15) is 0 Å². The summed E-state index contributed by atoms with van der Waals surface area (Å²) in [6, 6.07) is 17.9. The second-order valence-electron chi connectivity index (χ2n) is 6.17. The first-order valence-electron chi connectivity index (χ1n) is 7.66. The molecule has 23 heavy (non-hydrogen) atoms. The van der Waals surface area contributed by atoms with E-state index < -0.39 is 5.79 Å². The number of nitrogens with zero attached hydrogens (tertiary/aromatic N) is 1. The molecular formula is C20H21NO2. The molecule has 0 unspecified atom stereocenters. The van der Waals surface area contributed by atoms with Crippen LogP contribution in [0.1, 0.15) is 23.7 Å². The Morgan fingerprint density at radius 2 is 1.43 bits per heavy atom. The average Bonchev–Trinajstić information content (AvgIpc) is 2.89. The van der Waals surface area contributed by atoms with E-state index in [1.54, 1.807) is 12.1 Å². The number of aliphatic hydroxyl groups is 2. The van der Waals surface area contributed by atoms with Crippen molar-refractivity contribution >= 4 is 0 Å². The molecule has 0 saturated carbocycles. The molecule has 3 rings (SSSR count). The van der Waals surface area contributed by atoms with E-state index in [9.17, 15) is 10.2 Å². The summed E-state index contributed by atoms with van der Waals surface area (Å²) in [7, 11) is 0. The SMILES string of the molecule is Cc1ccc(-c2cc(C)n(-c3ccc(C(C)(O)O)cc3)c2)cc1. The molecule has 0 amide bonds. The summed E-state index contributed by atoms with van der Waals surface area (Å²) >= 11 is 0. The highest BCUT2D eigenvalue weighted by Gasteiger charge is 2.18. The van der Waals surface area contributed by atoms with E-state index in [-0.39, 0.29) is 0 Å². The molecule has 2 N–H and O–H groups in total. The molecule has 0 aliphatic heterocycles. The van der Waals surface area contributed by atoms with Crippen molar-refractivity contribution in [3.8, 4) is 16.8 Å². The molecule has 0 fully saturated rings. The Morgan fingerprint density at radius 3 is 2.00 bits per heavy atom. The Bertz CT molecular complexity index is 806. The number of hydrogen-bond acceptors (Lipinski definition) is 2. The fourth-order valence-corrected chi connectivity index (χ4v) is 2.69. The molecule has 0 bridgehead atoms. The highest BCUT2D eigenvalue weighted by atomic mass is 16.5. The Labute approximate surface area is 136 Å². The summed E-state index contributed by atoms with van der Waals surface area (Å²) in [5.41, 5.74) is 6.20. The Hall–Kier alpha value is -2.36. The fraction of sp³-hybridized carbons (Fsp3) is 0.200. The Morgan fingerprint density at radius 1 is 0.826 bits per heavy atom. The number of rotatable bonds is 3. The van der Waals surface area contributed by atoms with Crippen LogP contribution in [0, 0.1) is 13.8 Å². The molecule has 0 aliphatic carbocycles. The van der Waals surface area contributed by atoms with Gasteiger partial charge in [0, 0.05) is 28.7 Å². The minimum atomic E-state index is -1.81. The second-order valence-corrected chi connectivity index (χ2v) is 6.17. The third-order valence-corrected chi connectivity index (χ3v) is 4.09. The van der Waals surface area contributed by atoms with Crippen LogP contribution in [0.15, 0.2) is 60.8 Å². The first-order chi connectivity index (χ1) is 10.8. The predicted molar refractivity (Wildman–Crippen MR) is 92.5 cm³/mol. The summed E-state index contributed by atoms with van der Waals surface area (Å²) in [5.74, 6) is -1.81. The lowest BCUT2D eigenvalue weighted by Gasteiger charge is -2.16. The van der Waals surface area contributed by atoms with E-state index in [1.807, 2.05) is 12.1 Å².